The highest BCUT2D eigenvalue weighted by atomic mass is 19.4. The molecule has 13 heavy (non-hydrogen) atoms. The molecule has 2 bridgehead atoms. The van der Waals surface area contributed by atoms with Gasteiger partial charge in [0, 0.05) is 0 Å². The van der Waals surface area contributed by atoms with Crippen molar-refractivity contribution in [3.05, 3.63) is 0 Å². The zero-order valence-electron chi connectivity index (χ0n) is 8.04. The molecule has 0 aliphatic heterocycles. The van der Waals surface area contributed by atoms with Gasteiger partial charge in [-0.05, 0) is 37.0 Å². The minimum absolute atomic E-state index is 0.0870. The molecule has 0 radical (unpaired) electrons. The predicted octanol–water partition coefficient (Wildman–Crippen LogP) is 3.77. The predicted molar refractivity (Wildman–Crippen MR) is 44.2 cm³/mol. The summed E-state index contributed by atoms with van der Waals surface area (Å²) >= 11 is 0. The van der Waals surface area contributed by atoms with Crippen LogP contribution in [0.5, 0.6) is 0 Å². The second-order valence-electron chi connectivity index (χ2n) is 5.41. The lowest BCUT2D eigenvalue weighted by Crippen LogP contribution is -2.68. The standard InChI is InChI=1S/C10H15F3/c1-7(2)3-8-4-9(5-8,6-8)10(11,12)13/h7H,3-6H2,1-2H3. The molecule has 76 valence electrons. The Labute approximate surface area is 76.5 Å². The van der Waals surface area contributed by atoms with Crippen molar-refractivity contribution in [1.29, 1.82) is 0 Å². The number of halogens is 3. The van der Waals surface area contributed by atoms with Gasteiger partial charge in [0.25, 0.3) is 0 Å². The SMILES string of the molecule is CC(C)CC12CC(C(F)(F)F)(C1)C2. The van der Waals surface area contributed by atoms with Gasteiger partial charge in [0.2, 0.25) is 0 Å². The Morgan fingerprint density at radius 2 is 1.62 bits per heavy atom. The van der Waals surface area contributed by atoms with Crippen LogP contribution >= 0.6 is 0 Å². The van der Waals surface area contributed by atoms with E-state index in [1.165, 1.54) is 0 Å². The van der Waals surface area contributed by atoms with Gasteiger partial charge in [0.05, 0.1) is 5.41 Å². The fourth-order valence-corrected chi connectivity index (χ4v) is 3.38. The number of hydrogen-bond donors (Lipinski definition) is 0. The second kappa shape index (κ2) is 2.23. The topological polar surface area (TPSA) is 0 Å². The summed E-state index contributed by atoms with van der Waals surface area (Å²) in [7, 11) is 0. The fourth-order valence-electron chi connectivity index (χ4n) is 3.38. The Kier molecular flexibility index (Phi) is 1.61. The van der Waals surface area contributed by atoms with E-state index in [2.05, 4.69) is 13.8 Å². The summed E-state index contributed by atoms with van der Waals surface area (Å²) < 4.78 is 37.3. The van der Waals surface area contributed by atoms with E-state index >= 15 is 0 Å². The van der Waals surface area contributed by atoms with Gasteiger partial charge in [0.15, 0.2) is 0 Å². The van der Waals surface area contributed by atoms with Crippen molar-refractivity contribution in [3.8, 4) is 0 Å². The van der Waals surface area contributed by atoms with E-state index in [0.29, 0.717) is 25.2 Å². The monoisotopic (exact) mass is 192 g/mol. The molecule has 0 aromatic carbocycles. The van der Waals surface area contributed by atoms with Gasteiger partial charge in [-0.1, -0.05) is 13.8 Å². The molecule has 3 saturated carbocycles. The summed E-state index contributed by atoms with van der Waals surface area (Å²) in [5.41, 5.74) is -1.16. The Morgan fingerprint density at radius 3 is 1.92 bits per heavy atom. The highest BCUT2D eigenvalue weighted by Crippen LogP contribution is 2.80. The minimum atomic E-state index is -3.94. The van der Waals surface area contributed by atoms with Crippen LogP contribution in [0.15, 0.2) is 0 Å². The minimum Gasteiger partial charge on any atom is -0.171 e. The molecule has 3 heteroatoms. The third-order valence-corrected chi connectivity index (χ3v) is 3.58. The largest absolute Gasteiger partial charge is 0.394 e. The maximum Gasteiger partial charge on any atom is 0.394 e. The lowest BCUT2D eigenvalue weighted by molar-refractivity contribution is -0.366. The third-order valence-electron chi connectivity index (χ3n) is 3.58. The summed E-state index contributed by atoms with van der Waals surface area (Å²) in [5.74, 6) is 0.534. The molecule has 0 atom stereocenters. The molecule has 0 aromatic rings. The molecule has 0 N–H and O–H groups in total. The van der Waals surface area contributed by atoms with Crippen LogP contribution in [0.1, 0.15) is 39.5 Å². The van der Waals surface area contributed by atoms with Crippen LogP contribution in [0.25, 0.3) is 0 Å². The Hall–Kier alpha value is -0.210. The third kappa shape index (κ3) is 1.12. The smallest absolute Gasteiger partial charge is 0.171 e. The first kappa shape index (κ1) is 9.35. The van der Waals surface area contributed by atoms with Gasteiger partial charge < -0.3 is 0 Å². The fraction of sp³-hybridized carbons (Fsp3) is 1.00. The lowest BCUT2D eigenvalue weighted by Gasteiger charge is -2.71. The molecule has 3 rings (SSSR count). The van der Waals surface area contributed by atoms with Crippen molar-refractivity contribution in [1.82, 2.24) is 0 Å². The zero-order valence-corrected chi connectivity index (χ0v) is 8.04. The van der Waals surface area contributed by atoms with Crippen molar-refractivity contribution in [2.45, 2.75) is 45.7 Å². The Balaban J connectivity index is 1.93. The first-order valence-corrected chi connectivity index (χ1v) is 4.85. The number of rotatable bonds is 2. The first-order valence-electron chi connectivity index (χ1n) is 4.85. The highest BCUT2D eigenvalue weighted by Gasteiger charge is 2.77. The van der Waals surface area contributed by atoms with E-state index < -0.39 is 11.6 Å². The second-order valence-corrected chi connectivity index (χ2v) is 5.41. The van der Waals surface area contributed by atoms with Crippen molar-refractivity contribution >= 4 is 0 Å². The van der Waals surface area contributed by atoms with Gasteiger partial charge >= 0.3 is 6.18 Å². The molecular weight excluding hydrogens is 177 g/mol. The Bertz CT molecular complexity index is 207. The van der Waals surface area contributed by atoms with Crippen molar-refractivity contribution in [2.75, 3.05) is 0 Å². The van der Waals surface area contributed by atoms with Crippen molar-refractivity contribution in [2.24, 2.45) is 16.7 Å². The quantitative estimate of drug-likeness (QED) is 0.624. The highest BCUT2D eigenvalue weighted by molar-refractivity contribution is 5.19. The number of hydrogen-bond acceptors (Lipinski definition) is 0. The average Bonchev–Trinajstić information content (AvgIpc) is 1.70. The van der Waals surface area contributed by atoms with Crippen LogP contribution in [-0.4, -0.2) is 6.18 Å². The van der Waals surface area contributed by atoms with Crippen molar-refractivity contribution in [3.63, 3.8) is 0 Å². The van der Waals surface area contributed by atoms with Crippen LogP contribution in [0, 0.1) is 16.7 Å². The number of alkyl halides is 3. The van der Waals surface area contributed by atoms with Gasteiger partial charge in [0.1, 0.15) is 0 Å². The van der Waals surface area contributed by atoms with E-state index in [9.17, 15) is 13.2 Å². The summed E-state index contributed by atoms with van der Waals surface area (Å²) in [6, 6.07) is 0. The van der Waals surface area contributed by atoms with E-state index in [0.717, 1.165) is 6.42 Å². The van der Waals surface area contributed by atoms with E-state index in [1.54, 1.807) is 0 Å². The molecule has 3 aliphatic rings. The zero-order chi connectivity index (χ0) is 9.91. The maximum absolute atomic E-state index is 12.4. The molecule has 0 nitrogen and oxygen atoms in total. The summed E-state index contributed by atoms with van der Waals surface area (Å²) in [4.78, 5) is 0. The summed E-state index contributed by atoms with van der Waals surface area (Å²) in [6.45, 7) is 4.17. The molecule has 0 unspecified atom stereocenters. The lowest BCUT2D eigenvalue weighted by atomic mass is 9.33. The normalized spacial score (nSPS) is 42.9. The molecule has 0 saturated heterocycles. The van der Waals surface area contributed by atoms with Crippen LogP contribution in [0.3, 0.4) is 0 Å². The molecular formula is C10H15F3. The van der Waals surface area contributed by atoms with Crippen LogP contribution in [0.2, 0.25) is 0 Å². The van der Waals surface area contributed by atoms with E-state index in [-0.39, 0.29) is 5.41 Å². The molecule has 3 aliphatic carbocycles. The molecule has 3 fully saturated rings. The summed E-state index contributed by atoms with van der Waals surface area (Å²) in [6.07, 6.45) is -1.75. The van der Waals surface area contributed by atoms with E-state index in [4.69, 9.17) is 0 Å². The molecule has 0 spiro atoms. The van der Waals surface area contributed by atoms with E-state index in [1.807, 2.05) is 0 Å². The van der Waals surface area contributed by atoms with Gasteiger partial charge in [-0.25, -0.2) is 0 Å². The maximum atomic E-state index is 12.4. The van der Waals surface area contributed by atoms with Crippen LogP contribution < -0.4 is 0 Å². The molecule has 0 amide bonds. The van der Waals surface area contributed by atoms with Gasteiger partial charge in [-0.3, -0.25) is 0 Å². The molecule has 0 aromatic heterocycles. The van der Waals surface area contributed by atoms with Crippen LogP contribution in [0.4, 0.5) is 13.2 Å². The van der Waals surface area contributed by atoms with Crippen molar-refractivity contribution < 1.29 is 13.2 Å². The van der Waals surface area contributed by atoms with Gasteiger partial charge in [-0.15, -0.1) is 0 Å². The van der Waals surface area contributed by atoms with Crippen LogP contribution in [-0.2, 0) is 0 Å². The summed E-state index contributed by atoms with van der Waals surface area (Å²) in [5, 5.41) is 0. The Morgan fingerprint density at radius 1 is 1.15 bits per heavy atom. The average molecular weight is 192 g/mol. The first-order chi connectivity index (χ1) is 5.79. The molecule has 0 heterocycles. The van der Waals surface area contributed by atoms with Gasteiger partial charge in [-0.2, -0.15) is 13.2 Å².